The van der Waals surface area contributed by atoms with Crippen molar-refractivity contribution in [1.29, 1.82) is 0 Å². The van der Waals surface area contributed by atoms with E-state index in [1.54, 1.807) is 74.8 Å². The number of anilines is 3. The number of hydrogen-bond acceptors (Lipinski definition) is 30. The van der Waals surface area contributed by atoms with Gasteiger partial charge in [0.05, 0.1) is 47.2 Å². The Morgan fingerprint density at radius 3 is 1.45 bits per heavy atom. The first-order chi connectivity index (χ1) is 64.5. The summed E-state index contributed by atoms with van der Waals surface area (Å²) in [6.07, 6.45) is 4.44. The number of amides is 6. The number of carbonyl (C=O) groups excluding carboxylic acids is 7. The summed E-state index contributed by atoms with van der Waals surface area (Å²) < 4.78 is 133. The largest absolute Gasteiger partial charge is 0.480 e. The van der Waals surface area contributed by atoms with Gasteiger partial charge in [-0.2, -0.15) is 26.3 Å². The number of aliphatic carboxylic acids is 5. The molecular weight excluding hydrogens is 1880 g/mol. The average Bonchev–Trinajstić information content (AvgIpc) is 0.973. The van der Waals surface area contributed by atoms with Gasteiger partial charge in [-0.1, -0.05) is 47.5 Å². The van der Waals surface area contributed by atoms with Crippen molar-refractivity contribution >= 4 is 140 Å². The average molecular weight is 1990 g/mol. The van der Waals surface area contributed by atoms with Crippen LogP contribution < -0.4 is 62.3 Å². The number of hydrogen-bond donors (Lipinski definition) is 19. The molecule has 0 bridgehead atoms. The lowest BCUT2D eigenvalue weighted by Crippen LogP contribution is -2.55. The number of Topliss-reactive ketones (excluding diaryl/α,β-unsaturated/α-hetero) is 1. The van der Waals surface area contributed by atoms with Crippen LogP contribution in [0.1, 0.15) is 110 Å². The first kappa shape index (κ1) is 108. The van der Waals surface area contributed by atoms with Crippen molar-refractivity contribution in [3.05, 3.63) is 158 Å². The van der Waals surface area contributed by atoms with Gasteiger partial charge in [-0.3, -0.25) is 91.0 Å². The number of pyridine rings is 1. The second kappa shape index (κ2) is 48.8. The van der Waals surface area contributed by atoms with Crippen molar-refractivity contribution in [2.45, 2.75) is 152 Å². The van der Waals surface area contributed by atoms with Gasteiger partial charge < -0.3 is 87.5 Å². The first-order valence-corrected chi connectivity index (χ1v) is 49.6. The molecule has 746 valence electrons. The molecule has 6 amide bonds. The Morgan fingerprint density at radius 1 is 0.504 bits per heavy atom. The summed E-state index contributed by atoms with van der Waals surface area (Å²) in [5.74, 6) is -16.3. The minimum Gasteiger partial charge on any atom is -0.480 e. The number of aromatic nitrogens is 5. The number of carboxylic acids is 5. The highest BCUT2D eigenvalue weighted by atomic mass is 32.2. The van der Waals surface area contributed by atoms with Gasteiger partial charge in [-0.25, -0.2) is 26.8 Å². The van der Waals surface area contributed by atoms with E-state index in [0.717, 1.165) is 17.3 Å². The number of benzene rings is 4. The van der Waals surface area contributed by atoms with E-state index in [1.165, 1.54) is 81.3 Å². The lowest BCUT2D eigenvalue weighted by Gasteiger charge is -2.38. The van der Waals surface area contributed by atoms with Crippen molar-refractivity contribution in [2.75, 3.05) is 132 Å². The maximum absolute atomic E-state index is 15.0. The van der Waals surface area contributed by atoms with E-state index in [4.69, 9.17) is 0 Å². The normalized spacial score (nSPS) is 15.8. The molecule has 19 N–H and O–H groups in total. The van der Waals surface area contributed by atoms with Gasteiger partial charge in [0.25, 0.3) is 26.1 Å². The van der Waals surface area contributed by atoms with Gasteiger partial charge in [-0.05, 0) is 131 Å². The van der Waals surface area contributed by atoms with Crippen molar-refractivity contribution in [2.24, 2.45) is 0 Å². The summed E-state index contributed by atoms with van der Waals surface area (Å²) in [7, 11) is -19.3. The third-order valence-electron chi connectivity index (χ3n) is 22.5. The fraction of sp³-hybridized carbons (Fsp3) is 0.471. The number of imidazole rings is 2. The maximum atomic E-state index is 15.0. The summed E-state index contributed by atoms with van der Waals surface area (Å²) in [5, 5.41) is 70.7. The Kier molecular flexibility index (Phi) is 38.4. The van der Waals surface area contributed by atoms with Crippen LogP contribution in [0.25, 0.3) is 10.9 Å². The van der Waals surface area contributed by atoms with Crippen LogP contribution in [0.2, 0.25) is 0 Å². The Bertz CT molecular complexity index is 6070. The molecule has 0 radical (unpaired) electrons. The number of aryl methyl sites for hydroxylation is 7. The van der Waals surface area contributed by atoms with Crippen LogP contribution in [0.5, 0.6) is 0 Å². The quantitative estimate of drug-likeness (QED) is 0.0158. The van der Waals surface area contributed by atoms with E-state index in [1.807, 2.05) is 0 Å². The second-order valence-electron chi connectivity index (χ2n) is 33.5. The molecule has 52 heteroatoms. The highest BCUT2D eigenvalue weighted by Gasteiger charge is 2.39. The molecule has 7 aromatic rings. The zero-order valence-corrected chi connectivity index (χ0v) is 79.1. The smallest absolute Gasteiger partial charge is 0.323 e. The molecule has 137 heavy (non-hydrogen) atoms. The molecule has 48 nitrogen and oxygen atoms in total. The van der Waals surface area contributed by atoms with Gasteiger partial charge in [-0.15, -0.1) is 0 Å². The summed E-state index contributed by atoms with van der Waals surface area (Å²) in [4.78, 5) is 198. The zero-order valence-electron chi connectivity index (χ0n) is 75.8. The van der Waals surface area contributed by atoms with E-state index in [2.05, 4.69) is 71.9 Å². The minimum absolute atomic E-state index is 0.00698. The van der Waals surface area contributed by atoms with Crippen LogP contribution in [0, 0.1) is 41.5 Å². The topological polar surface area (TPSA) is 699 Å². The van der Waals surface area contributed by atoms with Crippen LogP contribution in [-0.4, -0.2) is 336 Å². The summed E-state index contributed by atoms with van der Waals surface area (Å²) in [6, 6.07) is 4.71. The fourth-order valence-corrected chi connectivity index (χ4v) is 21.0. The van der Waals surface area contributed by atoms with Crippen LogP contribution in [0.4, 0.5) is 17.6 Å². The number of unbranched alkanes of at least 4 members (excludes halogenated alkanes) is 1. The Morgan fingerprint density at radius 2 is 0.978 bits per heavy atom. The van der Waals surface area contributed by atoms with Gasteiger partial charge in [0.2, 0.25) is 55.0 Å². The van der Waals surface area contributed by atoms with Gasteiger partial charge in [0.1, 0.15) is 41.5 Å². The van der Waals surface area contributed by atoms with Crippen molar-refractivity contribution < 1.29 is 126 Å². The molecule has 0 aliphatic carbocycles. The van der Waals surface area contributed by atoms with Crippen LogP contribution in [0.3, 0.4) is 0 Å². The van der Waals surface area contributed by atoms with E-state index in [9.17, 15) is 126 Å². The number of carbonyl (C=O) groups is 12. The summed E-state index contributed by atoms with van der Waals surface area (Å²) in [6.45, 7) is 4.67. The zero-order chi connectivity index (χ0) is 101. The van der Waals surface area contributed by atoms with Crippen LogP contribution in [-0.2, 0) is 108 Å². The Labute approximate surface area is 788 Å². The lowest BCUT2D eigenvalue weighted by molar-refractivity contribution is -0.140. The molecule has 6 atom stereocenters. The monoisotopic (exact) mass is 1990 g/mol. The summed E-state index contributed by atoms with van der Waals surface area (Å²) >= 11 is 0. The Hall–Kier alpha value is -12.8. The highest BCUT2D eigenvalue weighted by Crippen LogP contribution is 2.34. The number of ketones is 1. The van der Waals surface area contributed by atoms with Gasteiger partial charge in [0.15, 0.2) is 17.7 Å². The van der Waals surface area contributed by atoms with E-state index < -0.39 is 229 Å². The van der Waals surface area contributed by atoms with Gasteiger partial charge in [0, 0.05) is 165 Å². The predicted octanol–water partition coefficient (Wildman–Crippen LogP) is -1.14. The fourth-order valence-electron chi connectivity index (χ4n) is 16.3. The number of fused-ring (bicyclic) bond motifs is 2. The Balaban J connectivity index is 0.953. The molecule has 2 aliphatic heterocycles. The molecule has 1 fully saturated rings. The molecule has 5 heterocycles. The molecule has 9 rings (SSSR count). The first-order valence-electron chi connectivity index (χ1n) is 43.4. The lowest BCUT2D eigenvalue weighted by atomic mass is 9.92. The number of nitrogens with zero attached hydrogens (tertiary/aromatic N) is 8. The number of nitrogens with one attached hydrogen (secondary N) is 12. The third kappa shape index (κ3) is 33.0. The van der Waals surface area contributed by atoms with E-state index >= 15 is 4.79 Å². The molecule has 1 saturated heterocycles. The molecule has 2 aliphatic rings. The SMILES string of the molecule is Cc1cc(C)c(S(=O)(=O)N[C@@H](CNC(=O)c2cn(CCCNC(=O)[C@H](CS(=O)(=O)O)NC(=O)CC[C@H](NC(=O)CN3CCN(CC(=O)O)CCN(CC(=O)O)CCN(CC(=O)O)CC3)C(=O)N[C@H](CCCCN3c4cc(CNc5ncc[nH]5)ccc4C(=O)CC3C(=O)NC[C@H](NS(=O)(=O)c3c(C)cc(C)cc3C)C(=O)O)CS(=O)(=O)O)c3cc(CNc4ncc[nH]4)ccc3c2=O)C(=O)O)c(C)c1. The standard InChI is InChI=1S/C85H114N20O28S4/c1-50-32-52(3)76(53(4)33-50)136(130,131)98-63(82(120)121)41-91-78(116)61-43-104(66-36-56(12-14-60(66)75(61)115)39-93-84-87-18-19-88-84)22-9-17-86-79(117)65(49-135(127,128)129)97-70(107)16-15-62(96-71(108)44-100-24-26-101(45-72(109)110)28-30-103(47-74(113)114)31-29-102(27-25-100)46-73(111)112)80(118)95-58(48-134(124,125)126)10-7-8-23-105-67-37-57(40-94-85-89-20-21-90-85)11-13-59(67)69(106)38-68(105)81(119)92-42-64(83(122)123)99-137(132,133)77-54(5)34-51(2)35-55(77)6/h11-14,18-21,32-37,43,58,62-65,68,98-99H,7-10,15-17,22-31,38-42,44-49H2,1-6H3,(H,86,117)(H,91,116)(H,92,119)(H,95,118)(H,96,108)(H,97,107)(H,109,110)(H,111,112)(H,113,114)(H,120,121)(H,122,123)(H2,87,88,93)(H2,89,90,94)(H,124,125,126)(H,127,128,129)/t58-,62+,63+,64+,65+,68?/m1/s1. The third-order valence-corrected chi connectivity index (χ3v) is 27.6. The number of aromatic amines is 2. The molecule has 4 aromatic carbocycles. The molecular formula is C85H114N20O28S4. The van der Waals surface area contributed by atoms with Crippen LogP contribution >= 0.6 is 0 Å². The number of rotatable bonds is 49. The predicted molar refractivity (Wildman–Crippen MR) is 495 cm³/mol. The maximum Gasteiger partial charge on any atom is 0.323 e. The van der Waals surface area contributed by atoms with Crippen molar-refractivity contribution in [3.8, 4) is 0 Å². The van der Waals surface area contributed by atoms with Crippen LogP contribution in [0.15, 0.2) is 106 Å². The van der Waals surface area contributed by atoms with Gasteiger partial charge >= 0.3 is 29.8 Å². The highest BCUT2D eigenvalue weighted by molar-refractivity contribution is 7.90. The second-order valence-corrected chi connectivity index (χ2v) is 39.8. The molecule has 0 saturated carbocycles. The molecule has 0 spiro atoms. The number of H-pyrrole nitrogens is 2. The van der Waals surface area contributed by atoms with Crippen molar-refractivity contribution in [3.63, 3.8) is 0 Å². The van der Waals surface area contributed by atoms with E-state index in [-0.39, 0.29) is 143 Å². The van der Waals surface area contributed by atoms with E-state index in [0.29, 0.717) is 45.3 Å². The minimum atomic E-state index is -5.19. The van der Waals surface area contributed by atoms with Crippen molar-refractivity contribution in [1.82, 2.24) is 85.4 Å². The number of sulfonamides is 2. The number of carboxylic acid groups (broad SMARTS) is 5. The summed E-state index contributed by atoms with van der Waals surface area (Å²) in [5.41, 5.74) is 3.03. The molecule has 1 unspecified atom stereocenters. The molecule has 3 aromatic heterocycles.